The third kappa shape index (κ3) is 13.5. The summed E-state index contributed by atoms with van der Waals surface area (Å²) in [5, 5.41) is 11.3. The van der Waals surface area contributed by atoms with Crippen molar-refractivity contribution in [3.63, 3.8) is 0 Å². The molecule has 1 saturated carbocycles. The lowest BCUT2D eigenvalue weighted by Crippen LogP contribution is -2.46. The van der Waals surface area contributed by atoms with Crippen LogP contribution in [0.5, 0.6) is 5.75 Å². The van der Waals surface area contributed by atoms with Crippen LogP contribution in [0.2, 0.25) is 5.02 Å². The van der Waals surface area contributed by atoms with E-state index in [4.69, 9.17) is 44.8 Å². The van der Waals surface area contributed by atoms with Crippen molar-refractivity contribution in [1.29, 1.82) is 0 Å². The number of likely N-dealkylation sites (tertiary alicyclic amines) is 1. The fraction of sp³-hybridized carbons (Fsp3) is 0.638. The van der Waals surface area contributed by atoms with Crippen LogP contribution in [0.4, 0.5) is 10.5 Å². The number of anilines is 1. The Kier molecular flexibility index (Phi) is 18.3. The number of esters is 3. The predicted octanol–water partition coefficient (Wildman–Crippen LogP) is 4.98. The molecular formula is C47H64ClN3O15S. The zero-order valence-electron chi connectivity index (χ0n) is 39.6. The maximum Gasteiger partial charge on any atom is 0.413 e. The van der Waals surface area contributed by atoms with Crippen molar-refractivity contribution in [2.75, 3.05) is 46.6 Å². The lowest BCUT2D eigenvalue weighted by molar-refractivity contribution is -0.161. The summed E-state index contributed by atoms with van der Waals surface area (Å²) >= 11 is 10.9. The van der Waals surface area contributed by atoms with Crippen molar-refractivity contribution in [2.45, 2.75) is 133 Å². The van der Waals surface area contributed by atoms with Gasteiger partial charge in [-0.25, -0.2) is 9.59 Å². The normalized spacial score (nSPS) is 31.1. The quantitative estimate of drug-likeness (QED) is 0.0746. The van der Waals surface area contributed by atoms with E-state index in [-0.39, 0.29) is 42.1 Å². The molecule has 9 atom stereocenters. The molecule has 3 aliphatic heterocycles. The number of benzene rings is 1. The number of epoxide rings is 1. The highest BCUT2D eigenvalue weighted by atomic mass is 35.5. The molecule has 1 N–H and O–H groups in total. The average Bonchev–Trinajstić information content (AvgIpc) is 4.04. The van der Waals surface area contributed by atoms with Gasteiger partial charge in [0.15, 0.2) is 0 Å². The zero-order valence-corrected chi connectivity index (χ0v) is 41.2. The van der Waals surface area contributed by atoms with Crippen LogP contribution < -0.4 is 9.64 Å². The van der Waals surface area contributed by atoms with E-state index in [0.29, 0.717) is 43.5 Å². The highest BCUT2D eigenvalue weighted by Gasteiger charge is 2.54. The molecule has 370 valence electrons. The molecule has 2 saturated heterocycles. The molecule has 0 aromatic heterocycles. The third-order valence-corrected chi connectivity index (χ3v) is 13.9. The van der Waals surface area contributed by atoms with Gasteiger partial charge < -0.3 is 43.2 Å². The van der Waals surface area contributed by atoms with E-state index in [1.165, 1.54) is 52.0 Å². The fourth-order valence-corrected chi connectivity index (χ4v) is 9.41. The molecular weight excluding hydrogens is 914 g/mol. The van der Waals surface area contributed by atoms with E-state index in [9.17, 15) is 38.7 Å². The maximum absolute atomic E-state index is 14.2. The lowest BCUT2D eigenvalue weighted by atomic mass is 9.82. The van der Waals surface area contributed by atoms with Crippen molar-refractivity contribution in [3.8, 4) is 5.75 Å². The molecule has 3 fully saturated rings. The molecule has 2 bridgehead atoms. The van der Waals surface area contributed by atoms with E-state index in [1.807, 2.05) is 13.0 Å². The summed E-state index contributed by atoms with van der Waals surface area (Å²) in [5.74, 6) is -3.80. The number of likely N-dealkylation sites (N-methyl/N-ethyl adjacent to an activating group) is 1. The van der Waals surface area contributed by atoms with Gasteiger partial charge >= 0.3 is 24.0 Å². The molecule has 4 amide bonds. The Morgan fingerprint density at radius 2 is 1.70 bits per heavy atom. The Morgan fingerprint density at radius 3 is 2.31 bits per heavy atom. The summed E-state index contributed by atoms with van der Waals surface area (Å²) in [4.78, 5) is 94.5. The highest BCUT2D eigenvalue weighted by Crippen LogP contribution is 2.41. The van der Waals surface area contributed by atoms with Gasteiger partial charge in [-0.05, 0) is 76.5 Å². The van der Waals surface area contributed by atoms with Crippen molar-refractivity contribution in [2.24, 2.45) is 17.8 Å². The largest absolute Gasteiger partial charge is 0.495 e. The second-order valence-corrected chi connectivity index (χ2v) is 19.2. The lowest BCUT2D eigenvalue weighted by Gasteiger charge is -2.35. The van der Waals surface area contributed by atoms with E-state index in [1.54, 1.807) is 38.1 Å². The van der Waals surface area contributed by atoms with E-state index in [2.05, 4.69) is 12.6 Å². The first-order valence-electron chi connectivity index (χ1n) is 22.4. The number of thiol groups is 1. The Morgan fingerprint density at radius 1 is 1.01 bits per heavy atom. The number of carbonyl (C=O) groups is 7. The molecule has 4 aliphatic rings. The predicted molar refractivity (Wildman–Crippen MR) is 246 cm³/mol. The number of fused-ring (bicyclic) bond motifs is 3. The first-order chi connectivity index (χ1) is 31.6. The van der Waals surface area contributed by atoms with Gasteiger partial charge in [0, 0.05) is 53.4 Å². The summed E-state index contributed by atoms with van der Waals surface area (Å²) in [5.41, 5.74) is 0.493. The Labute approximate surface area is 401 Å². The van der Waals surface area contributed by atoms with E-state index < -0.39 is 102 Å². The summed E-state index contributed by atoms with van der Waals surface area (Å²) < 4.78 is 39.6. The topological polar surface area (TPSA) is 217 Å². The summed E-state index contributed by atoms with van der Waals surface area (Å²) in [6.45, 7) is 7.46. The molecule has 20 heteroatoms. The standard InChI is InChI=1S/C47H64ClN3O15S/c1-25-11-10-12-37(61-9)47(5,59)22-35(64-28(4)52)26(2)41-42(66-41)34(20-38(53)50(7)32-18-30(17-25)19-33(60-8)40(32)48)65-44(56)27(3)49(6)46(58)63-24-62-45(57)31-15-13-29(14-16-31)23-51-39(54)21-36(67)43(51)55/h10-12,18-19,26-27,29,31,34-37,41-42,59,67H,13-17,20-24H2,1-9H3/b12-10+,25-11+/t26-,27+,29?,31?,34+,35+,36?,37-,41+,42+,47+/m1/s1. The van der Waals surface area contributed by atoms with E-state index in [0.717, 1.165) is 16.0 Å². The molecule has 1 aromatic carbocycles. The second kappa shape index (κ2) is 23.1. The van der Waals surface area contributed by atoms with Gasteiger partial charge in [-0.2, -0.15) is 12.6 Å². The number of amides is 4. The molecule has 18 nitrogen and oxygen atoms in total. The number of hydrogen-bond acceptors (Lipinski definition) is 16. The molecule has 3 heterocycles. The van der Waals surface area contributed by atoms with Gasteiger partial charge in [-0.3, -0.25) is 33.8 Å². The van der Waals surface area contributed by atoms with Crippen LogP contribution in [0.3, 0.4) is 0 Å². The number of aliphatic hydroxyl groups is 1. The number of rotatable bonds is 11. The Bertz CT molecular complexity index is 2090. The van der Waals surface area contributed by atoms with Crippen LogP contribution >= 0.6 is 24.2 Å². The molecule has 1 aliphatic carbocycles. The summed E-state index contributed by atoms with van der Waals surface area (Å²) in [7, 11) is 5.75. The number of methoxy groups -OCH3 is 2. The van der Waals surface area contributed by atoms with Crippen molar-refractivity contribution in [1.82, 2.24) is 9.80 Å². The molecule has 67 heavy (non-hydrogen) atoms. The minimum atomic E-state index is -1.54. The van der Waals surface area contributed by atoms with Crippen LogP contribution in [0, 0.1) is 17.8 Å². The summed E-state index contributed by atoms with van der Waals surface area (Å²) in [6.07, 6.45) is 1.99. The Balaban J connectivity index is 1.28. The van der Waals surface area contributed by atoms with Gasteiger partial charge in [-0.15, -0.1) is 0 Å². The average molecular weight is 979 g/mol. The summed E-state index contributed by atoms with van der Waals surface area (Å²) in [6, 6.07) is 2.27. The van der Waals surface area contributed by atoms with Crippen LogP contribution in [0.15, 0.2) is 35.9 Å². The van der Waals surface area contributed by atoms with Crippen molar-refractivity contribution >= 4 is 71.6 Å². The third-order valence-electron chi connectivity index (χ3n) is 13.1. The second-order valence-electron chi connectivity index (χ2n) is 18.2. The molecule has 0 radical (unpaired) electrons. The number of allylic oxidation sites excluding steroid dienone is 3. The number of carbonyl (C=O) groups excluding carboxylic acids is 7. The first-order valence-corrected chi connectivity index (χ1v) is 23.3. The molecule has 1 unspecified atom stereocenters. The first kappa shape index (κ1) is 53.3. The van der Waals surface area contributed by atoms with Crippen molar-refractivity contribution in [3.05, 3.63) is 46.5 Å². The molecule has 5 rings (SSSR count). The number of hydrogen-bond donors (Lipinski definition) is 2. The van der Waals surface area contributed by atoms with Gasteiger partial charge in [0.05, 0.1) is 42.1 Å². The minimum Gasteiger partial charge on any atom is -0.495 e. The molecule has 1 aromatic rings. The van der Waals surface area contributed by atoms with Crippen molar-refractivity contribution < 1.29 is 71.8 Å². The smallest absolute Gasteiger partial charge is 0.413 e. The Hall–Kier alpha value is -4.69. The zero-order chi connectivity index (χ0) is 49.5. The number of imide groups is 1. The minimum absolute atomic E-state index is 0.0464. The fourth-order valence-electron chi connectivity index (χ4n) is 8.80. The van der Waals surface area contributed by atoms with Gasteiger partial charge in [0.1, 0.15) is 41.2 Å². The number of halogens is 1. The van der Waals surface area contributed by atoms with Crippen LogP contribution in [0.25, 0.3) is 0 Å². The van der Waals surface area contributed by atoms with Gasteiger partial charge in [0.2, 0.25) is 24.5 Å². The molecule has 0 spiro atoms. The SMILES string of the molecule is COc1cc2cc(c1Cl)N(C)C(=O)C[C@H](OC(=O)[C@H](C)N(C)C(=O)OCOC(=O)C1CCC(CN3C(=O)CC(S)C3=O)CC1)[C@@H]1O[C@H]1[C@H](C)[C@@H](OC(C)=O)C[C@](C)(O)[C@H](OC)/C=C/C=C(\C)C2. The van der Waals surface area contributed by atoms with Gasteiger partial charge in [-0.1, -0.05) is 42.3 Å². The number of nitrogens with zero attached hydrogens (tertiary/aromatic N) is 3. The van der Waals surface area contributed by atoms with Gasteiger partial charge in [0.25, 0.3) is 0 Å². The monoisotopic (exact) mass is 977 g/mol. The van der Waals surface area contributed by atoms with Crippen LogP contribution in [-0.4, -0.2) is 146 Å². The van der Waals surface area contributed by atoms with Crippen LogP contribution in [-0.2, 0) is 63.6 Å². The highest BCUT2D eigenvalue weighted by molar-refractivity contribution is 7.81. The maximum atomic E-state index is 14.2. The number of ether oxygens (including phenoxy) is 7. The van der Waals surface area contributed by atoms with Crippen LogP contribution in [0.1, 0.15) is 85.1 Å². The van der Waals surface area contributed by atoms with E-state index >= 15 is 0 Å².